The van der Waals surface area contributed by atoms with Crippen molar-refractivity contribution in [2.45, 2.75) is 26.1 Å². The maximum atomic E-state index is 6.43. The second kappa shape index (κ2) is 8.76. The van der Waals surface area contributed by atoms with E-state index in [2.05, 4.69) is 50.2 Å². The predicted molar refractivity (Wildman–Crippen MR) is 105 cm³/mol. The van der Waals surface area contributed by atoms with Gasteiger partial charge in [0.15, 0.2) is 0 Å². The summed E-state index contributed by atoms with van der Waals surface area (Å²) in [6.45, 7) is 4.18. The molecule has 0 bridgehead atoms. The largest absolute Gasteiger partial charge is 0.386 e. The van der Waals surface area contributed by atoms with Crippen LogP contribution in [-0.4, -0.2) is 9.28 Å². The van der Waals surface area contributed by atoms with E-state index < -0.39 is 9.28 Å². The van der Waals surface area contributed by atoms with Crippen LogP contribution in [0, 0.1) is 0 Å². The van der Waals surface area contributed by atoms with Crippen LogP contribution in [0.15, 0.2) is 91.0 Å². The van der Waals surface area contributed by atoms with Gasteiger partial charge in [-0.15, -0.1) is 0 Å². The highest BCUT2D eigenvalue weighted by atomic mass is 28.3. The molecule has 0 saturated carbocycles. The van der Waals surface area contributed by atoms with Crippen LogP contribution >= 0.6 is 0 Å². The van der Waals surface area contributed by atoms with Crippen LogP contribution in [0.2, 0.25) is 0 Å². The molecule has 0 saturated heterocycles. The summed E-state index contributed by atoms with van der Waals surface area (Å²) < 4.78 is 12.9. The van der Waals surface area contributed by atoms with Crippen LogP contribution in [0.1, 0.15) is 37.2 Å². The Morgan fingerprint density at radius 3 is 1.32 bits per heavy atom. The third-order valence-corrected chi connectivity index (χ3v) is 6.51. The van der Waals surface area contributed by atoms with Gasteiger partial charge in [0.2, 0.25) is 0 Å². The summed E-state index contributed by atoms with van der Waals surface area (Å²) in [5.41, 5.74) is 2.35. The normalized spacial score (nSPS) is 14.6. The minimum Gasteiger partial charge on any atom is -0.386 e. The summed E-state index contributed by atoms with van der Waals surface area (Å²) in [6, 6.07) is 30.9. The second-order valence-electron chi connectivity index (χ2n) is 6.12. The van der Waals surface area contributed by atoms with Crippen LogP contribution in [0.3, 0.4) is 0 Å². The molecule has 0 fully saturated rings. The number of hydrogen-bond acceptors (Lipinski definition) is 2. The molecule has 0 aliphatic heterocycles. The van der Waals surface area contributed by atoms with Gasteiger partial charge in [-0.25, -0.2) is 0 Å². The Morgan fingerprint density at radius 2 is 0.920 bits per heavy atom. The standard InChI is InChI=1S/C22H24O2Si/c1-18(20-12-6-3-7-13-20)23-25(22-16-10-5-11-17-22)24-19(2)21-14-8-4-9-15-21/h3-19,25H,1-2H3. The van der Waals surface area contributed by atoms with Crippen molar-refractivity contribution in [3.63, 3.8) is 0 Å². The van der Waals surface area contributed by atoms with Gasteiger partial charge in [0.1, 0.15) is 0 Å². The molecule has 2 nitrogen and oxygen atoms in total. The van der Waals surface area contributed by atoms with Crippen LogP contribution in [0.25, 0.3) is 0 Å². The minimum atomic E-state index is -2.05. The van der Waals surface area contributed by atoms with Gasteiger partial charge in [-0.1, -0.05) is 91.0 Å². The van der Waals surface area contributed by atoms with E-state index in [-0.39, 0.29) is 12.2 Å². The quantitative estimate of drug-likeness (QED) is 0.578. The lowest BCUT2D eigenvalue weighted by Gasteiger charge is -2.25. The molecule has 0 heterocycles. The monoisotopic (exact) mass is 348 g/mol. The Balaban J connectivity index is 1.78. The smallest absolute Gasteiger partial charge is 0.356 e. The molecule has 0 aliphatic rings. The molecule has 3 aromatic carbocycles. The van der Waals surface area contributed by atoms with Crippen molar-refractivity contribution >= 4 is 14.5 Å². The average molecular weight is 349 g/mol. The first-order valence-corrected chi connectivity index (χ1v) is 10.2. The Labute approximate surface area is 151 Å². The van der Waals surface area contributed by atoms with E-state index in [9.17, 15) is 0 Å². The lowest BCUT2D eigenvalue weighted by atomic mass is 10.1. The predicted octanol–water partition coefficient (Wildman–Crippen LogP) is 4.67. The van der Waals surface area contributed by atoms with E-state index in [1.165, 1.54) is 11.1 Å². The van der Waals surface area contributed by atoms with Crippen molar-refractivity contribution < 1.29 is 8.85 Å². The molecule has 2 atom stereocenters. The molecule has 2 unspecified atom stereocenters. The van der Waals surface area contributed by atoms with Gasteiger partial charge in [-0.2, -0.15) is 0 Å². The first-order chi connectivity index (χ1) is 12.2. The van der Waals surface area contributed by atoms with Crippen molar-refractivity contribution in [2.24, 2.45) is 0 Å². The molecule has 3 rings (SSSR count). The Morgan fingerprint density at radius 1 is 0.560 bits per heavy atom. The first kappa shape index (κ1) is 17.6. The summed E-state index contributed by atoms with van der Waals surface area (Å²) >= 11 is 0. The summed E-state index contributed by atoms with van der Waals surface area (Å²) in [4.78, 5) is 0. The highest BCUT2D eigenvalue weighted by Gasteiger charge is 2.23. The van der Waals surface area contributed by atoms with Gasteiger partial charge >= 0.3 is 9.28 Å². The zero-order valence-corrected chi connectivity index (χ0v) is 15.9. The summed E-state index contributed by atoms with van der Waals surface area (Å²) in [5, 5.41) is 1.16. The number of rotatable bonds is 7. The fourth-order valence-electron chi connectivity index (χ4n) is 2.78. The van der Waals surface area contributed by atoms with E-state index in [0.717, 1.165) is 5.19 Å². The van der Waals surface area contributed by atoms with Crippen molar-refractivity contribution in [1.82, 2.24) is 0 Å². The Bertz CT molecular complexity index is 699. The van der Waals surface area contributed by atoms with Crippen LogP contribution in [0.4, 0.5) is 0 Å². The maximum Gasteiger partial charge on any atom is 0.356 e. The molecular formula is C22H24O2Si. The van der Waals surface area contributed by atoms with Gasteiger partial charge < -0.3 is 8.85 Å². The van der Waals surface area contributed by atoms with Crippen molar-refractivity contribution in [3.8, 4) is 0 Å². The number of hydrogen-bond donors (Lipinski definition) is 0. The van der Waals surface area contributed by atoms with Gasteiger partial charge in [0.05, 0.1) is 12.2 Å². The summed E-state index contributed by atoms with van der Waals surface area (Å²) in [5.74, 6) is 0. The molecule has 3 aromatic rings. The molecule has 0 radical (unpaired) electrons. The number of benzene rings is 3. The molecular weight excluding hydrogens is 324 g/mol. The van der Waals surface area contributed by atoms with E-state index >= 15 is 0 Å². The van der Waals surface area contributed by atoms with Gasteiger partial charge in [0, 0.05) is 0 Å². The lowest BCUT2D eigenvalue weighted by Crippen LogP contribution is -2.38. The molecule has 0 N–H and O–H groups in total. The fraction of sp³-hybridized carbons (Fsp3) is 0.182. The lowest BCUT2D eigenvalue weighted by molar-refractivity contribution is 0.124. The third-order valence-electron chi connectivity index (χ3n) is 4.27. The van der Waals surface area contributed by atoms with Crippen molar-refractivity contribution in [3.05, 3.63) is 102 Å². The van der Waals surface area contributed by atoms with E-state index in [4.69, 9.17) is 8.85 Å². The molecule has 0 aliphatic carbocycles. The SMILES string of the molecule is CC(O[SiH](OC(C)c1ccccc1)c1ccccc1)c1ccccc1. The van der Waals surface area contributed by atoms with Crippen LogP contribution in [-0.2, 0) is 8.85 Å². The minimum absolute atomic E-state index is 0.000969. The van der Waals surface area contributed by atoms with Gasteiger partial charge in [-0.3, -0.25) is 0 Å². The first-order valence-electron chi connectivity index (χ1n) is 8.70. The molecule has 128 valence electrons. The van der Waals surface area contributed by atoms with Gasteiger partial charge in [-0.05, 0) is 30.2 Å². The summed E-state index contributed by atoms with van der Waals surface area (Å²) in [7, 11) is -2.05. The highest BCUT2D eigenvalue weighted by Crippen LogP contribution is 2.22. The Hall–Kier alpha value is -2.20. The maximum absolute atomic E-state index is 6.43. The van der Waals surface area contributed by atoms with E-state index in [0.29, 0.717) is 0 Å². The van der Waals surface area contributed by atoms with Crippen LogP contribution < -0.4 is 5.19 Å². The fourth-order valence-corrected chi connectivity index (χ4v) is 4.75. The van der Waals surface area contributed by atoms with Crippen molar-refractivity contribution in [2.75, 3.05) is 0 Å². The highest BCUT2D eigenvalue weighted by molar-refractivity contribution is 6.61. The van der Waals surface area contributed by atoms with E-state index in [1.807, 2.05) is 54.6 Å². The Kier molecular flexibility index (Phi) is 6.18. The molecule has 0 amide bonds. The zero-order chi connectivity index (χ0) is 17.5. The summed E-state index contributed by atoms with van der Waals surface area (Å²) in [6.07, 6.45) is 0.00194. The topological polar surface area (TPSA) is 18.5 Å². The molecule has 0 aromatic heterocycles. The zero-order valence-electron chi connectivity index (χ0n) is 14.7. The van der Waals surface area contributed by atoms with Crippen LogP contribution in [0.5, 0.6) is 0 Å². The van der Waals surface area contributed by atoms with Crippen molar-refractivity contribution in [1.29, 1.82) is 0 Å². The average Bonchev–Trinajstić information content (AvgIpc) is 2.69. The third kappa shape index (κ3) is 4.89. The molecule has 25 heavy (non-hydrogen) atoms. The van der Waals surface area contributed by atoms with E-state index in [1.54, 1.807) is 0 Å². The molecule has 3 heteroatoms. The van der Waals surface area contributed by atoms with Gasteiger partial charge in [0.25, 0.3) is 0 Å². The molecule has 0 spiro atoms. The second-order valence-corrected chi connectivity index (χ2v) is 8.00.